The lowest BCUT2D eigenvalue weighted by Crippen LogP contribution is -2.52. The van der Waals surface area contributed by atoms with E-state index in [9.17, 15) is 3.98 Å². The van der Waals surface area contributed by atoms with E-state index < -0.39 is 15.1 Å². The van der Waals surface area contributed by atoms with Gasteiger partial charge in [0.2, 0.25) is 0 Å². The van der Waals surface area contributed by atoms with Gasteiger partial charge in [0.25, 0.3) is 0 Å². The number of hydrogen-bond acceptors (Lipinski definition) is 3. The van der Waals surface area contributed by atoms with Crippen LogP contribution in [0.2, 0.25) is 0 Å². The number of benzene rings is 8. The third-order valence-electron chi connectivity index (χ3n) is 12.2. The highest BCUT2D eigenvalue weighted by molar-refractivity contribution is 6.96. The van der Waals surface area contributed by atoms with Gasteiger partial charge in [-0.2, -0.15) is 4.57 Å². The fraction of sp³-hybridized carbons (Fsp3) is 0.0185. The van der Waals surface area contributed by atoms with Gasteiger partial charge in [0.15, 0.2) is 0 Å². The van der Waals surface area contributed by atoms with Crippen LogP contribution < -0.4 is 24.9 Å². The minimum absolute atomic E-state index is 0.426. The van der Waals surface area contributed by atoms with Crippen molar-refractivity contribution in [3.05, 3.63) is 205 Å². The molecule has 0 saturated carbocycles. The highest BCUT2D eigenvalue weighted by Gasteiger charge is 2.32. The van der Waals surface area contributed by atoms with E-state index >= 15 is 0 Å². The maximum absolute atomic E-state index is 10.9. The normalized spacial score (nSPS) is 15.0. The lowest BCUT2D eigenvalue weighted by molar-refractivity contribution is -0.549. The molecular formula is C54H36N5OSi+. The van der Waals surface area contributed by atoms with Crippen LogP contribution in [0.4, 0.5) is 0 Å². The molecule has 2 aliphatic rings. The van der Waals surface area contributed by atoms with Gasteiger partial charge in [-0.1, -0.05) is 168 Å². The standard InChI is InChI=1S/C54H35N5OSi/c1-2-17-36(18-3-1)61(50-28-14-16-35-31-34-15-4-13-27-49(34)60-52(35)50)37-29-30-41-38-19-7-8-22-42(38)51-44(40-21-6-5-20-39(40)43(41)32-37)33-55-53(57-51)59-48-26-12-11-25-47(48)58-46-24-10-9-23-45(46)56-54(58)59/h1-30,32-33,61H,31H2/p+1/i31D2,61D. The zero-order valence-electron chi connectivity index (χ0n) is 35.7. The molecule has 1 N–H and O–H groups in total. The lowest BCUT2D eigenvalue weighted by Gasteiger charge is -2.27. The predicted octanol–water partition coefficient (Wildman–Crippen LogP) is 9.57. The second kappa shape index (κ2) is 13.3. The maximum Gasteiger partial charge on any atom is 0.361 e. The van der Waals surface area contributed by atoms with Crippen molar-refractivity contribution in [3.8, 4) is 62.1 Å². The Morgan fingerprint density at radius 3 is 2.13 bits per heavy atom. The van der Waals surface area contributed by atoms with E-state index in [0.29, 0.717) is 33.8 Å². The molecule has 0 radical (unpaired) electrons. The predicted molar refractivity (Wildman–Crippen MR) is 247 cm³/mol. The summed E-state index contributed by atoms with van der Waals surface area (Å²) in [6, 6.07) is 63.0. The number of hydrogen-bond donors (Lipinski definition) is 1. The van der Waals surface area contributed by atoms with Crippen LogP contribution >= 0.6 is 0 Å². The Kier molecular flexibility index (Phi) is 6.79. The topological polar surface area (TPSA) is 59.1 Å². The molecule has 3 aromatic heterocycles. The fourth-order valence-electron chi connectivity index (χ4n) is 9.48. The molecule has 1 aliphatic carbocycles. The van der Waals surface area contributed by atoms with Gasteiger partial charge >= 0.3 is 11.7 Å². The van der Waals surface area contributed by atoms with E-state index in [-0.39, 0.29) is 0 Å². The highest BCUT2D eigenvalue weighted by Crippen LogP contribution is 2.46. The number of fused-ring (bicyclic) bond motifs is 15. The lowest BCUT2D eigenvalue weighted by atomic mass is 9.83. The van der Waals surface area contributed by atoms with Crippen LogP contribution in [0.15, 0.2) is 194 Å². The Balaban J connectivity index is 1.04. The molecule has 0 bridgehead atoms. The van der Waals surface area contributed by atoms with Crippen LogP contribution in [0.3, 0.4) is 0 Å². The van der Waals surface area contributed by atoms with Crippen LogP contribution in [0.5, 0.6) is 11.5 Å². The SMILES string of the molecule is [2H]C1([2H])c2ccccc2Oc2c1cccc2[Si]([2H])(c1ccccc1)c1ccc2c(c1)-c1ccccc1-c1cnc(-[n+]3c4ccccc4n4c5ccccc5[nH]c43)nc1-c1ccccc1-2. The number of H-pyrrole nitrogens is 1. The summed E-state index contributed by atoms with van der Waals surface area (Å²) in [7, 11) is -3.68. The average Bonchev–Trinajstić information content (AvgIpc) is 3.88. The van der Waals surface area contributed by atoms with Gasteiger partial charge in [-0.25, -0.2) is 4.40 Å². The minimum atomic E-state index is -3.68. The van der Waals surface area contributed by atoms with Crippen molar-refractivity contribution in [2.45, 2.75) is 6.37 Å². The molecular weight excluding hydrogens is 763 g/mol. The van der Waals surface area contributed by atoms with Crippen molar-refractivity contribution in [2.75, 3.05) is 0 Å². The third-order valence-corrected chi connectivity index (χ3v) is 14.9. The van der Waals surface area contributed by atoms with Gasteiger partial charge in [-0.15, -0.1) is 9.97 Å². The number of aromatic amines is 1. The van der Waals surface area contributed by atoms with Gasteiger partial charge < -0.3 is 4.74 Å². The smallest absolute Gasteiger partial charge is 0.361 e. The first-order valence-electron chi connectivity index (χ1n) is 22.0. The largest absolute Gasteiger partial charge is 0.457 e. The van der Waals surface area contributed by atoms with Crippen LogP contribution in [0, 0.1) is 0 Å². The van der Waals surface area contributed by atoms with Crippen molar-refractivity contribution in [1.82, 2.24) is 19.4 Å². The molecule has 61 heavy (non-hydrogen) atoms. The molecule has 1 aliphatic heterocycles. The first kappa shape index (κ1) is 31.1. The summed E-state index contributed by atoms with van der Waals surface area (Å²) in [6.07, 6.45) is 0.147. The van der Waals surface area contributed by atoms with E-state index in [2.05, 4.69) is 117 Å². The molecule has 0 amide bonds. The van der Waals surface area contributed by atoms with Crippen LogP contribution in [-0.2, 0) is 6.37 Å². The number of nitrogens with zero attached hydrogens (tertiary/aromatic N) is 4. The van der Waals surface area contributed by atoms with Crippen molar-refractivity contribution in [2.24, 2.45) is 0 Å². The molecule has 0 saturated heterocycles. The molecule has 6 nitrogen and oxygen atoms in total. The van der Waals surface area contributed by atoms with Crippen molar-refractivity contribution in [3.63, 3.8) is 0 Å². The van der Waals surface area contributed by atoms with Crippen LogP contribution in [0.25, 0.3) is 78.4 Å². The number of rotatable bonds is 4. The fourth-order valence-corrected chi connectivity index (χ4v) is 12.2. The average molecular weight is 802 g/mol. The summed E-state index contributed by atoms with van der Waals surface area (Å²) in [5.41, 5.74) is 12.8. The van der Waals surface area contributed by atoms with Crippen molar-refractivity contribution >= 4 is 52.1 Å². The Morgan fingerprint density at radius 2 is 1.26 bits per heavy atom. The van der Waals surface area contributed by atoms with E-state index in [1.54, 1.807) is 12.1 Å². The third kappa shape index (κ3) is 5.17. The summed E-state index contributed by atoms with van der Waals surface area (Å²) in [6.45, 7) is 0. The molecule has 4 heterocycles. The van der Waals surface area contributed by atoms with Gasteiger partial charge in [-0.3, -0.25) is 4.98 Å². The Labute approximate surface area is 357 Å². The first-order valence-corrected chi connectivity index (χ1v) is 22.0. The second-order valence-electron chi connectivity index (χ2n) is 15.6. The zero-order valence-corrected chi connectivity index (χ0v) is 33.7. The summed E-state index contributed by atoms with van der Waals surface area (Å²) >= 11 is 0. The zero-order chi connectivity index (χ0) is 42.7. The van der Waals surface area contributed by atoms with Gasteiger partial charge in [0.05, 0.1) is 6.20 Å². The molecule has 11 aromatic rings. The van der Waals surface area contributed by atoms with Crippen molar-refractivity contribution in [1.29, 1.82) is 1.23 Å². The monoisotopic (exact) mass is 801 g/mol. The summed E-state index contributed by atoms with van der Waals surface area (Å²) in [5.74, 6) is 2.32. The first-order chi connectivity index (χ1) is 31.4. The molecule has 7 heteroatoms. The number of imidazole rings is 2. The van der Waals surface area contributed by atoms with Crippen LogP contribution in [-0.4, -0.2) is 29.3 Å². The van der Waals surface area contributed by atoms with E-state index in [0.717, 1.165) is 82.9 Å². The van der Waals surface area contributed by atoms with E-state index in [1.807, 2.05) is 79.0 Å². The number of para-hydroxylation sites is 6. The molecule has 0 fully saturated rings. The van der Waals surface area contributed by atoms with Gasteiger partial charge in [0.1, 0.15) is 48.0 Å². The summed E-state index contributed by atoms with van der Waals surface area (Å²) in [5, 5.41) is 2.42. The number of nitrogens with one attached hydrogen (secondary N) is 1. The molecule has 286 valence electrons. The molecule has 13 rings (SSSR count). The maximum atomic E-state index is 10.9. The number of ether oxygens (including phenoxy) is 1. The molecule has 1 unspecified atom stereocenters. The minimum Gasteiger partial charge on any atom is -0.457 e. The van der Waals surface area contributed by atoms with Crippen molar-refractivity contribution < 1.29 is 12.0 Å². The Hall–Kier alpha value is -7.87. The Morgan fingerprint density at radius 1 is 0.590 bits per heavy atom. The molecule has 8 aromatic carbocycles. The Bertz CT molecular complexity index is 3730. The van der Waals surface area contributed by atoms with Gasteiger partial charge in [-0.05, 0) is 74.5 Å². The number of aromatic nitrogens is 5. The molecule has 0 spiro atoms. The summed E-state index contributed by atoms with van der Waals surface area (Å²) in [4.78, 5) is 14.3. The quantitative estimate of drug-likeness (QED) is 0.110. The van der Waals surface area contributed by atoms with Gasteiger partial charge in [0, 0.05) is 21.5 Å². The summed E-state index contributed by atoms with van der Waals surface area (Å²) < 4.78 is 40.6. The molecule has 1 atom stereocenters. The van der Waals surface area contributed by atoms with E-state index in [1.165, 1.54) is 0 Å². The van der Waals surface area contributed by atoms with Crippen LogP contribution in [0.1, 0.15) is 13.9 Å². The van der Waals surface area contributed by atoms with E-state index in [4.69, 9.17) is 14.7 Å². The highest BCUT2D eigenvalue weighted by atomic mass is 28.3. The second-order valence-corrected chi connectivity index (χ2v) is 18.0.